The van der Waals surface area contributed by atoms with Gasteiger partial charge in [0.1, 0.15) is 12.4 Å². The van der Waals surface area contributed by atoms with E-state index in [0.717, 1.165) is 0 Å². The largest absolute Gasteiger partial charge is 0.286 e. The quantitative estimate of drug-likeness (QED) is 0.628. The highest BCUT2D eigenvalue weighted by Crippen LogP contribution is 2.21. The average molecular weight is 231 g/mol. The van der Waals surface area contributed by atoms with E-state index in [1.807, 2.05) is 0 Å². The van der Waals surface area contributed by atoms with E-state index in [0.29, 0.717) is 18.7 Å². The molecule has 0 aliphatic carbocycles. The standard InChI is InChI=1S/C8H13N3O3S/c12-8-4-9-7(10-11-8)3-6-1-2-15(13,14)5-6/h6H,1-5H2,(H,9,10)(H,11,12). The second-order valence-corrected chi connectivity index (χ2v) is 6.14. The first-order valence-electron chi connectivity index (χ1n) is 4.84. The van der Waals surface area contributed by atoms with Crippen molar-refractivity contribution in [2.24, 2.45) is 10.9 Å². The van der Waals surface area contributed by atoms with E-state index in [-0.39, 0.29) is 29.9 Å². The van der Waals surface area contributed by atoms with Crippen LogP contribution in [0.3, 0.4) is 0 Å². The normalized spacial score (nSPS) is 29.2. The lowest BCUT2D eigenvalue weighted by molar-refractivity contribution is -0.120. The first-order chi connectivity index (χ1) is 7.05. The van der Waals surface area contributed by atoms with E-state index in [2.05, 4.69) is 15.8 Å². The lowest BCUT2D eigenvalue weighted by Gasteiger charge is -2.17. The molecule has 2 aliphatic heterocycles. The number of sulfone groups is 1. The van der Waals surface area contributed by atoms with Crippen LogP contribution in [-0.4, -0.2) is 38.2 Å². The van der Waals surface area contributed by atoms with E-state index in [1.54, 1.807) is 0 Å². The molecule has 84 valence electrons. The minimum Gasteiger partial charge on any atom is -0.286 e. The Labute approximate surface area is 88.0 Å². The maximum absolute atomic E-state index is 11.2. The van der Waals surface area contributed by atoms with Crippen LogP contribution in [-0.2, 0) is 14.6 Å². The Kier molecular flexibility index (Phi) is 2.64. The van der Waals surface area contributed by atoms with Crippen LogP contribution in [0.4, 0.5) is 0 Å². The number of carbonyl (C=O) groups excluding carboxylic acids is 1. The van der Waals surface area contributed by atoms with Gasteiger partial charge in [-0.1, -0.05) is 0 Å². The predicted octanol–water partition coefficient (Wildman–Crippen LogP) is -1.16. The first kappa shape index (κ1) is 10.4. The fourth-order valence-corrected chi connectivity index (χ4v) is 3.67. The number of carbonyl (C=O) groups is 1. The molecule has 1 amide bonds. The molecule has 1 atom stereocenters. The molecule has 7 heteroatoms. The molecule has 0 aromatic carbocycles. The highest BCUT2D eigenvalue weighted by molar-refractivity contribution is 7.91. The number of amidine groups is 1. The number of nitrogens with one attached hydrogen (secondary N) is 2. The number of hydrogen-bond donors (Lipinski definition) is 2. The molecule has 0 saturated carbocycles. The Morgan fingerprint density at radius 2 is 2.20 bits per heavy atom. The number of rotatable bonds is 2. The molecule has 0 aromatic heterocycles. The van der Waals surface area contributed by atoms with E-state index in [4.69, 9.17) is 0 Å². The second-order valence-electron chi connectivity index (χ2n) is 3.91. The summed E-state index contributed by atoms with van der Waals surface area (Å²) in [6.45, 7) is 0.127. The van der Waals surface area contributed by atoms with Crippen LogP contribution in [0.15, 0.2) is 4.99 Å². The minimum absolute atomic E-state index is 0.127. The van der Waals surface area contributed by atoms with E-state index in [9.17, 15) is 13.2 Å². The Bertz CT molecular complexity index is 401. The molecule has 2 rings (SSSR count). The van der Waals surface area contributed by atoms with Gasteiger partial charge in [-0.15, -0.1) is 0 Å². The Morgan fingerprint density at radius 1 is 1.40 bits per heavy atom. The zero-order chi connectivity index (χ0) is 10.9. The molecular formula is C8H13N3O3S. The van der Waals surface area contributed by atoms with Crippen LogP contribution in [0.25, 0.3) is 0 Å². The fraction of sp³-hybridized carbons (Fsp3) is 0.750. The van der Waals surface area contributed by atoms with Gasteiger partial charge >= 0.3 is 0 Å². The van der Waals surface area contributed by atoms with Crippen LogP contribution >= 0.6 is 0 Å². The zero-order valence-electron chi connectivity index (χ0n) is 8.19. The Hall–Kier alpha value is -1.11. The van der Waals surface area contributed by atoms with Crippen molar-refractivity contribution in [2.45, 2.75) is 12.8 Å². The molecule has 0 radical (unpaired) electrons. The van der Waals surface area contributed by atoms with E-state index in [1.165, 1.54) is 0 Å². The molecule has 15 heavy (non-hydrogen) atoms. The van der Waals surface area contributed by atoms with Gasteiger partial charge in [0.2, 0.25) is 0 Å². The van der Waals surface area contributed by atoms with Gasteiger partial charge in [0.15, 0.2) is 9.84 Å². The van der Waals surface area contributed by atoms with Gasteiger partial charge in [-0.25, -0.2) is 8.42 Å². The minimum atomic E-state index is -2.83. The summed E-state index contributed by atoms with van der Waals surface area (Å²) in [7, 11) is -2.83. The molecule has 6 nitrogen and oxygen atoms in total. The summed E-state index contributed by atoms with van der Waals surface area (Å²) >= 11 is 0. The number of amides is 1. The van der Waals surface area contributed by atoms with Gasteiger partial charge in [-0.05, 0) is 12.3 Å². The molecule has 1 saturated heterocycles. The van der Waals surface area contributed by atoms with Gasteiger partial charge in [0, 0.05) is 6.42 Å². The molecule has 2 N–H and O–H groups in total. The third-order valence-electron chi connectivity index (χ3n) is 2.57. The van der Waals surface area contributed by atoms with Crippen LogP contribution in [0.2, 0.25) is 0 Å². The van der Waals surface area contributed by atoms with Gasteiger partial charge in [0.05, 0.1) is 11.5 Å². The molecular weight excluding hydrogens is 218 g/mol. The average Bonchev–Trinajstić information content (AvgIpc) is 2.50. The van der Waals surface area contributed by atoms with Crippen LogP contribution in [0.5, 0.6) is 0 Å². The predicted molar refractivity (Wildman–Crippen MR) is 55.0 cm³/mol. The monoisotopic (exact) mass is 231 g/mol. The highest BCUT2D eigenvalue weighted by atomic mass is 32.2. The first-order valence-corrected chi connectivity index (χ1v) is 6.66. The maximum Gasteiger partial charge on any atom is 0.260 e. The summed E-state index contributed by atoms with van der Waals surface area (Å²) in [6, 6.07) is 0. The van der Waals surface area contributed by atoms with Crippen molar-refractivity contribution in [1.82, 2.24) is 10.9 Å². The summed E-state index contributed by atoms with van der Waals surface area (Å²) in [5, 5.41) is 0. The second kappa shape index (κ2) is 3.80. The van der Waals surface area contributed by atoms with Crippen molar-refractivity contribution in [1.29, 1.82) is 0 Å². The number of hydrogen-bond acceptors (Lipinski definition) is 5. The Balaban J connectivity index is 1.91. The molecule has 0 aromatic rings. The van der Waals surface area contributed by atoms with Gasteiger partial charge in [-0.3, -0.25) is 20.6 Å². The van der Waals surface area contributed by atoms with E-state index < -0.39 is 9.84 Å². The maximum atomic E-state index is 11.2. The Morgan fingerprint density at radius 3 is 2.73 bits per heavy atom. The van der Waals surface area contributed by atoms with Crippen molar-refractivity contribution in [3.8, 4) is 0 Å². The lowest BCUT2D eigenvalue weighted by atomic mass is 10.0. The van der Waals surface area contributed by atoms with Crippen molar-refractivity contribution >= 4 is 21.6 Å². The smallest absolute Gasteiger partial charge is 0.260 e. The topological polar surface area (TPSA) is 87.6 Å². The fourth-order valence-electron chi connectivity index (χ4n) is 1.81. The molecule has 2 heterocycles. The molecule has 0 bridgehead atoms. The molecule has 2 aliphatic rings. The van der Waals surface area contributed by atoms with Crippen molar-refractivity contribution < 1.29 is 13.2 Å². The molecule has 0 spiro atoms. The van der Waals surface area contributed by atoms with Gasteiger partial charge in [0.25, 0.3) is 5.91 Å². The van der Waals surface area contributed by atoms with Gasteiger partial charge < -0.3 is 0 Å². The van der Waals surface area contributed by atoms with Crippen molar-refractivity contribution in [3.05, 3.63) is 0 Å². The van der Waals surface area contributed by atoms with Crippen molar-refractivity contribution in [2.75, 3.05) is 18.1 Å². The van der Waals surface area contributed by atoms with Crippen LogP contribution in [0, 0.1) is 5.92 Å². The summed E-state index contributed by atoms with van der Waals surface area (Å²) in [4.78, 5) is 14.8. The summed E-state index contributed by atoms with van der Waals surface area (Å²) in [5.74, 6) is 1.16. The van der Waals surface area contributed by atoms with Crippen molar-refractivity contribution in [3.63, 3.8) is 0 Å². The zero-order valence-corrected chi connectivity index (χ0v) is 9.01. The molecule has 1 fully saturated rings. The van der Waals surface area contributed by atoms with Gasteiger partial charge in [-0.2, -0.15) is 0 Å². The van der Waals surface area contributed by atoms with Crippen LogP contribution < -0.4 is 10.9 Å². The number of hydrazine groups is 1. The number of nitrogens with zero attached hydrogens (tertiary/aromatic N) is 1. The van der Waals surface area contributed by atoms with Crippen LogP contribution in [0.1, 0.15) is 12.8 Å². The summed E-state index contributed by atoms with van der Waals surface area (Å²) in [6.07, 6.45) is 1.29. The van der Waals surface area contributed by atoms with E-state index >= 15 is 0 Å². The highest BCUT2D eigenvalue weighted by Gasteiger charge is 2.29. The lowest BCUT2D eigenvalue weighted by Crippen LogP contribution is -2.47. The summed E-state index contributed by atoms with van der Waals surface area (Å²) in [5.41, 5.74) is 5.14. The molecule has 1 unspecified atom stereocenters. The summed E-state index contributed by atoms with van der Waals surface area (Å²) < 4.78 is 22.4. The number of aliphatic imine (C=N–C) groups is 1. The third-order valence-corrected chi connectivity index (χ3v) is 4.41. The third kappa shape index (κ3) is 2.68. The SMILES string of the molecule is O=C1CN=C(CC2CCS(=O)(=O)C2)NN1.